The van der Waals surface area contributed by atoms with Crippen molar-refractivity contribution in [1.82, 2.24) is 0 Å². The highest BCUT2D eigenvalue weighted by molar-refractivity contribution is 8.42. The highest BCUT2D eigenvalue weighted by Crippen LogP contribution is 2.97. The van der Waals surface area contributed by atoms with Gasteiger partial charge in [-0.1, -0.05) is 19.4 Å². The standard InChI is InChI=1S/C13H9F5O3S/c14-22(15,16,17,18)21-13-7-5-12(6-8-13)20-11-3-1-10(9-19)2-4-11/h1-9H. The molecule has 0 aromatic heterocycles. The van der Waals surface area contributed by atoms with Crippen LogP contribution in [0.4, 0.5) is 19.4 Å². The quantitative estimate of drug-likeness (QED) is 0.503. The van der Waals surface area contributed by atoms with Crippen LogP contribution in [0.25, 0.3) is 0 Å². The van der Waals surface area contributed by atoms with Crippen molar-refractivity contribution in [2.75, 3.05) is 0 Å². The van der Waals surface area contributed by atoms with Crippen molar-refractivity contribution in [3.8, 4) is 17.2 Å². The minimum atomic E-state index is -9.97. The van der Waals surface area contributed by atoms with Gasteiger partial charge in [-0.25, -0.2) is 0 Å². The zero-order valence-electron chi connectivity index (χ0n) is 10.7. The van der Waals surface area contributed by atoms with Crippen LogP contribution < -0.4 is 8.92 Å². The van der Waals surface area contributed by atoms with Gasteiger partial charge >= 0.3 is 10.5 Å². The Hall–Kier alpha value is -2.29. The summed E-state index contributed by atoms with van der Waals surface area (Å²) in [6.45, 7) is 0. The maximum atomic E-state index is 12.1. The number of benzene rings is 2. The Balaban J connectivity index is 2.10. The van der Waals surface area contributed by atoms with Gasteiger partial charge < -0.3 is 8.92 Å². The Labute approximate surface area is 122 Å². The molecule has 22 heavy (non-hydrogen) atoms. The van der Waals surface area contributed by atoms with Gasteiger partial charge in [-0.2, -0.15) is 0 Å². The number of aldehydes is 1. The predicted molar refractivity (Wildman–Crippen MR) is 72.1 cm³/mol. The maximum Gasteiger partial charge on any atom is 0.435 e. The molecule has 0 fully saturated rings. The fraction of sp³-hybridized carbons (Fsp3) is 0. The number of hydrogen-bond acceptors (Lipinski definition) is 3. The number of hydrogen-bond donors (Lipinski definition) is 0. The average Bonchev–Trinajstić information content (AvgIpc) is 2.39. The zero-order chi connectivity index (χ0) is 16.5. The van der Waals surface area contributed by atoms with Crippen LogP contribution in [0.3, 0.4) is 0 Å². The van der Waals surface area contributed by atoms with Crippen LogP contribution in [-0.2, 0) is 0 Å². The third kappa shape index (κ3) is 5.24. The molecule has 9 heteroatoms. The van der Waals surface area contributed by atoms with E-state index in [9.17, 15) is 24.2 Å². The van der Waals surface area contributed by atoms with Gasteiger partial charge in [0, 0.05) is 5.56 Å². The Kier molecular flexibility index (Phi) is 3.36. The van der Waals surface area contributed by atoms with Crippen molar-refractivity contribution >= 4 is 16.8 Å². The van der Waals surface area contributed by atoms with Crippen molar-refractivity contribution in [2.24, 2.45) is 0 Å². The summed E-state index contributed by atoms with van der Waals surface area (Å²) < 4.78 is 68.9. The normalized spacial score (nSPS) is 14.6. The van der Waals surface area contributed by atoms with E-state index in [1.165, 1.54) is 24.3 Å². The average molecular weight is 340 g/mol. The molecule has 2 aromatic carbocycles. The first-order valence-corrected chi connectivity index (χ1v) is 7.59. The summed E-state index contributed by atoms with van der Waals surface area (Å²) in [5, 5.41) is 0. The number of ether oxygens (including phenoxy) is 1. The van der Waals surface area contributed by atoms with E-state index in [4.69, 9.17) is 4.74 Å². The first kappa shape index (κ1) is 16.1. The highest BCUT2D eigenvalue weighted by atomic mass is 32.5. The summed E-state index contributed by atoms with van der Waals surface area (Å²) in [4.78, 5) is 10.5. The molecule has 0 bridgehead atoms. The molecule has 0 saturated carbocycles. The van der Waals surface area contributed by atoms with Crippen LogP contribution in [0, 0.1) is 0 Å². The SMILES string of the molecule is O=Cc1ccc(Oc2ccc(OS(F)(F)(F)(F)F)cc2)cc1. The van der Waals surface area contributed by atoms with Crippen molar-refractivity contribution in [2.45, 2.75) is 0 Å². The molecule has 0 spiro atoms. The van der Waals surface area contributed by atoms with Gasteiger partial charge in [0.2, 0.25) is 0 Å². The minimum Gasteiger partial charge on any atom is -0.457 e. The van der Waals surface area contributed by atoms with Gasteiger partial charge in [0.15, 0.2) is 0 Å². The van der Waals surface area contributed by atoms with Gasteiger partial charge in [0.05, 0.1) is 0 Å². The highest BCUT2D eigenvalue weighted by Gasteiger charge is 2.67. The lowest BCUT2D eigenvalue weighted by molar-refractivity contribution is 0.112. The molecule has 120 valence electrons. The first-order valence-electron chi connectivity index (χ1n) is 5.72. The fourth-order valence-corrected chi connectivity index (χ4v) is 1.97. The summed E-state index contributed by atoms with van der Waals surface area (Å²) in [6.07, 6.45) is 0.635. The van der Waals surface area contributed by atoms with Crippen LogP contribution in [0.2, 0.25) is 0 Å². The molecule has 0 saturated heterocycles. The van der Waals surface area contributed by atoms with Gasteiger partial charge in [-0.05, 0) is 48.5 Å². The summed E-state index contributed by atoms with van der Waals surface area (Å²) in [5.74, 6) is -0.594. The lowest BCUT2D eigenvalue weighted by Crippen LogP contribution is -2.13. The van der Waals surface area contributed by atoms with E-state index >= 15 is 0 Å². The Bertz CT molecular complexity index is 681. The van der Waals surface area contributed by atoms with Crippen LogP contribution in [0.15, 0.2) is 48.5 Å². The van der Waals surface area contributed by atoms with Crippen molar-refractivity contribution < 1.29 is 33.1 Å². The monoisotopic (exact) mass is 340 g/mol. The lowest BCUT2D eigenvalue weighted by atomic mass is 10.2. The molecule has 0 aliphatic heterocycles. The van der Waals surface area contributed by atoms with Gasteiger partial charge in [0.25, 0.3) is 0 Å². The Morgan fingerprint density at radius 3 is 1.55 bits per heavy atom. The zero-order valence-corrected chi connectivity index (χ0v) is 11.5. The summed E-state index contributed by atoms with van der Waals surface area (Å²) in [6, 6.07) is 9.44. The molecule has 0 aliphatic carbocycles. The van der Waals surface area contributed by atoms with Crippen molar-refractivity contribution in [3.63, 3.8) is 0 Å². The summed E-state index contributed by atoms with van der Waals surface area (Å²) >= 11 is 0. The van der Waals surface area contributed by atoms with E-state index in [0.29, 0.717) is 29.7 Å². The van der Waals surface area contributed by atoms with Crippen molar-refractivity contribution in [1.29, 1.82) is 0 Å². The van der Waals surface area contributed by atoms with Crippen molar-refractivity contribution in [3.05, 3.63) is 54.1 Å². The third-order valence-electron chi connectivity index (χ3n) is 2.33. The molecule has 2 rings (SSSR count). The van der Waals surface area contributed by atoms with Crippen LogP contribution >= 0.6 is 10.5 Å². The molecule has 3 nitrogen and oxygen atoms in total. The lowest BCUT2D eigenvalue weighted by Gasteiger charge is -2.39. The molecule has 0 radical (unpaired) electrons. The van der Waals surface area contributed by atoms with E-state index in [0.717, 1.165) is 12.1 Å². The molecular weight excluding hydrogens is 331 g/mol. The maximum absolute atomic E-state index is 12.1. The van der Waals surface area contributed by atoms with E-state index in [1.54, 1.807) is 0 Å². The second-order valence-electron chi connectivity index (χ2n) is 4.24. The van der Waals surface area contributed by atoms with E-state index in [2.05, 4.69) is 4.18 Å². The molecule has 0 heterocycles. The fourth-order valence-electron chi connectivity index (χ4n) is 1.50. The smallest absolute Gasteiger partial charge is 0.435 e. The first-order chi connectivity index (χ1) is 9.94. The molecular formula is C13H9F5O3S. The van der Waals surface area contributed by atoms with Gasteiger partial charge in [-0.3, -0.25) is 4.79 Å². The minimum absolute atomic E-state index is 0.119. The van der Waals surface area contributed by atoms with E-state index < -0.39 is 16.3 Å². The Morgan fingerprint density at radius 1 is 0.727 bits per heavy atom. The van der Waals surface area contributed by atoms with Crippen LogP contribution in [0.1, 0.15) is 10.4 Å². The molecule has 2 aromatic rings. The second kappa shape index (κ2) is 4.60. The van der Waals surface area contributed by atoms with Crippen LogP contribution in [0.5, 0.6) is 17.2 Å². The summed E-state index contributed by atoms with van der Waals surface area (Å²) in [7, 11) is -9.97. The number of carbonyl (C=O) groups is 1. The van der Waals surface area contributed by atoms with E-state index in [1.807, 2.05) is 0 Å². The molecule has 0 unspecified atom stereocenters. The second-order valence-corrected chi connectivity index (χ2v) is 6.20. The molecule has 0 aliphatic rings. The van der Waals surface area contributed by atoms with Crippen LogP contribution in [-0.4, -0.2) is 6.29 Å². The molecule has 0 amide bonds. The Morgan fingerprint density at radius 2 is 1.14 bits per heavy atom. The molecule has 0 N–H and O–H groups in total. The molecule has 0 atom stereocenters. The summed E-state index contributed by atoms with van der Waals surface area (Å²) in [5.41, 5.74) is 0.423. The number of halogens is 5. The van der Waals surface area contributed by atoms with E-state index in [-0.39, 0.29) is 5.75 Å². The number of carbonyl (C=O) groups excluding carboxylic acids is 1. The topological polar surface area (TPSA) is 35.5 Å². The number of rotatable bonds is 5. The van der Waals surface area contributed by atoms with Gasteiger partial charge in [0.1, 0.15) is 23.5 Å². The largest absolute Gasteiger partial charge is 0.457 e. The predicted octanol–water partition coefficient (Wildman–Crippen LogP) is 5.88. The third-order valence-corrected chi connectivity index (χ3v) is 2.84. The van der Waals surface area contributed by atoms with Gasteiger partial charge in [-0.15, -0.1) is 0 Å².